The Balaban J connectivity index is 1.23. The highest BCUT2D eigenvalue weighted by atomic mass is 32.1. The molecule has 6 nitrogen and oxygen atoms in total. The zero-order valence-electron chi connectivity index (χ0n) is 19.5. The number of nitrogens with zero attached hydrogens (tertiary/aromatic N) is 4. The normalized spacial score (nSPS) is 13.8. The fourth-order valence-corrected chi connectivity index (χ4v) is 5.13. The smallest absolute Gasteiger partial charge is 0.242 e. The lowest BCUT2D eigenvalue weighted by atomic mass is 10.1. The summed E-state index contributed by atoms with van der Waals surface area (Å²) in [6.07, 6.45) is 1.96. The van der Waals surface area contributed by atoms with Crippen LogP contribution in [0, 0.1) is 6.92 Å². The third-order valence-corrected chi connectivity index (χ3v) is 7.12. The summed E-state index contributed by atoms with van der Waals surface area (Å²) in [5.41, 5.74) is 5.42. The van der Waals surface area contributed by atoms with E-state index in [2.05, 4.69) is 47.5 Å². The molecule has 4 aromatic rings. The fourth-order valence-electron chi connectivity index (χ4n) is 4.26. The van der Waals surface area contributed by atoms with E-state index in [4.69, 9.17) is 9.72 Å². The van der Waals surface area contributed by atoms with Crippen molar-refractivity contribution < 1.29 is 9.53 Å². The molecule has 1 aliphatic heterocycles. The summed E-state index contributed by atoms with van der Waals surface area (Å²) in [6, 6.07) is 20.5. The quantitative estimate of drug-likeness (QED) is 0.399. The van der Waals surface area contributed by atoms with Gasteiger partial charge in [0.15, 0.2) is 0 Å². The van der Waals surface area contributed by atoms with Gasteiger partial charge in [-0.2, -0.15) is 0 Å². The van der Waals surface area contributed by atoms with Gasteiger partial charge in [-0.1, -0.05) is 35.9 Å². The lowest BCUT2D eigenvalue weighted by Gasteiger charge is -2.36. The molecule has 0 spiro atoms. The molecule has 1 saturated heterocycles. The van der Waals surface area contributed by atoms with Crippen molar-refractivity contribution in [2.24, 2.45) is 0 Å². The van der Waals surface area contributed by atoms with Crippen molar-refractivity contribution in [3.63, 3.8) is 0 Å². The number of methoxy groups -OCH3 is 1. The van der Waals surface area contributed by atoms with Crippen LogP contribution in [0.15, 0.2) is 72.2 Å². The molecule has 1 aliphatic rings. The van der Waals surface area contributed by atoms with Crippen LogP contribution in [0.1, 0.15) is 5.56 Å². The van der Waals surface area contributed by atoms with Crippen molar-refractivity contribution in [1.29, 1.82) is 0 Å². The van der Waals surface area contributed by atoms with E-state index in [1.54, 1.807) is 18.4 Å². The monoisotopic (exact) mass is 472 g/mol. The molecule has 174 valence electrons. The van der Waals surface area contributed by atoms with E-state index in [1.165, 1.54) is 5.56 Å². The molecule has 0 bridgehead atoms. The number of benzene rings is 2. The Morgan fingerprint density at radius 1 is 1.03 bits per heavy atom. The maximum atomic E-state index is 13.1. The summed E-state index contributed by atoms with van der Waals surface area (Å²) in [6.45, 7) is 5.44. The van der Waals surface area contributed by atoms with E-state index in [0.29, 0.717) is 19.6 Å². The van der Waals surface area contributed by atoms with E-state index >= 15 is 0 Å². The molecule has 3 heterocycles. The molecular formula is C27H28N4O2S. The number of hydrogen-bond acceptors (Lipinski definition) is 5. The van der Waals surface area contributed by atoms with Crippen LogP contribution in [0.3, 0.4) is 0 Å². The number of amides is 1. The van der Waals surface area contributed by atoms with Gasteiger partial charge in [-0.25, -0.2) is 4.98 Å². The Morgan fingerprint density at radius 3 is 2.59 bits per heavy atom. The third-order valence-electron chi connectivity index (χ3n) is 6.26. The minimum Gasteiger partial charge on any atom is -0.497 e. The summed E-state index contributed by atoms with van der Waals surface area (Å²) >= 11 is 1.61. The van der Waals surface area contributed by atoms with Gasteiger partial charge in [-0.05, 0) is 31.2 Å². The van der Waals surface area contributed by atoms with Crippen molar-refractivity contribution >= 4 is 22.9 Å². The van der Waals surface area contributed by atoms with Gasteiger partial charge < -0.3 is 19.1 Å². The molecule has 0 saturated carbocycles. The number of piperazine rings is 1. The highest BCUT2D eigenvalue weighted by molar-refractivity contribution is 7.13. The molecule has 1 amide bonds. The highest BCUT2D eigenvalue weighted by Gasteiger charge is 2.22. The lowest BCUT2D eigenvalue weighted by molar-refractivity contribution is -0.132. The van der Waals surface area contributed by atoms with Crippen molar-refractivity contribution in [3.8, 4) is 27.7 Å². The average molecular weight is 473 g/mol. The largest absolute Gasteiger partial charge is 0.497 e. The third kappa shape index (κ3) is 4.70. The van der Waals surface area contributed by atoms with Gasteiger partial charge in [0.2, 0.25) is 5.91 Å². The maximum absolute atomic E-state index is 13.1. The molecule has 2 aromatic heterocycles. The molecule has 2 aromatic carbocycles. The second-order valence-electron chi connectivity index (χ2n) is 8.49. The van der Waals surface area contributed by atoms with Crippen LogP contribution in [0.2, 0.25) is 0 Å². The SMILES string of the molecule is COc1cccc(N2CCN(C(=O)Cn3cccc3-c3nc(-c4ccc(C)cc4)cs3)CC2)c1. The Kier molecular flexibility index (Phi) is 6.36. The second kappa shape index (κ2) is 9.73. The van der Waals surface area contributed by atoms with E-state index < -0.39 is 0 Å². The van der Waals surface area contributed by atoms with Crippen LogP contribution in [0.5, 0.6) is 5.75 Å². The number of hydrogen-bond donors (Lipinski definition) is 0. The first kappa shape index (κ1) is 22.2. The number of rotatable bonds is 6. The van der Waals surface area contributed by atoms with E-state index in [0.717, 1.165) is 46.5 Å². The van der Waals surface area contributed by atoms with Crippen molar-refractivity contribution in [3.05, 3.63) is 77.8 Å². The highest BCUT2D eigenvalue weighted by Crippen LogP contribution is 2.29. The minimum absolute atomic E-state index is 0.137. The van der Waals surface area contributed by atoms with Crippen LogP contribution in [0.25, 0.3) is 22.0 Å². The Morgan fingerprint density at radius 2 is 1.82 bits per heavy atom. The summed E-state index contributed by atoms with van der Waals surface area (Å²) in [5.74, 6) is 0.988. The number of carbonyl (C=O) groups excluding carboxylic acids is 1. The summed E-state index contributed by atoms with van der Waals surface area (Å²) in [7, 11) is 1.68. The Bertz CT molecular complexity index is 1270. The molecule has 1 fully saturated rings. The Labute approximate surface area is 204 Å². The van der Waals surface area contributed by atoms with Crippen LogP contribution < -0.4 is 9.64 Å². The molecule has 0 radical (unpaired) electrons. The first-order valence-electron chi connectivity index (χ1n) is 11.5. The number of aromatic nitrogens is 2. The van der Waals surface area contributed by atoms with Gasteiger partial charge in [0.25, 0.3) is 0 Å². The zero-order valence-corrected chi connectivity index (χ0v) is 20.3. The molecular weight excluding hydrogens is 444 g/mol. The van der Waals surface area contributed by atoms with Gasteiger partial charge in [0.05, 0.1) is 18.5 Å². The molecule has 0 aliphatic carbocycles. The lowest BCUT2D eigenvalue weighted by Crippen LogP contribution is -2.49. The summed E-state index contributed by atoms with van der Waals surface area (Å²) < 4.78 is 7.35. The van der Waals surface area contributed by atoms with Crippen LogP contribution in [-0.2, 0) is 11.3 Å². The number of ether oxygens (including phenoxy) is 1. The predicted molar refractivity (Wildman–Crippen MR) is 137 cm³/mol. The second-order valence-corrected chi connectivity index (χ2v) is 9.35. The maximum Gasteiger partial charge on any atom is 0.242 e. The van der Waals surface area contributed by atoms with Gasteiger partial charge in [0, 0.05) is 55.1 Å². The van der Waals surface area contributed by atoms with Gasteiger partial charge >= 0.3 is 0 Å². The fraction of sp³-hybridized carbons (Fsp3) is 0.259. The molecule has 0 N–H and O–H groups in total. The van der Waals surface area contributed by atoms with Crippen molar-refractivity contribution in [1.82, 2.24) is 14.5 Å². The van der Waals surface area contributed by atoms with Crippen molar-refractivity contribution in [2.45, 2.75) is 13.5 Å². The minimum atomic E-state index is 0.137. The van der Waals surface area contributed by atoms with Crippen LogP contribution in [-0.4, -0.2) is 53.6 Å². The first-order chi connectivity index (χ1) is 16.6. The number of anilines is 1. The molecule has 5 rings (SSSR count). The first-order valence-corrected chi connectivity index (χ1v) is 12.3. The Hall–Kier alpha value is -3.58. The van der Waals surface area contributed by atoms with E-state index in [9.17, 15) is 4.79 Å². The topological polar surface area (TPSA) is 50.6 Å². The zero-order chi connectivity index (χ0) is 23.5. The molecule has 34 heavy (non-hydrogen) atoms. The molecule has 0 unspecified atom stereocenters. The van der Waals surface area contributed by atoms with E-state index in [1.807, 2.05) is 46.0 Å². The number of thiazole rings is 1. The predicted octanol–water partition coefficient (Wildman–Crippen LogP) is 4.94. The van der Waals surface area contributed by atoms with Gasteiger partial charge in [0.1, 0.15) is 17.3 Å². The van der Waals surface area contributed by atoms with Crippen LogP contribution in [0.4, 0.5) is 5.69 Å². The summed E-state index contributed by atoms with van der Waals surface area (Å²) in [5, 5.41) is 3.01. The number of carbonyl (C=O) groups is 1. The van der Waals surface area contributed by atoms with E-state index in [-0.39, 0.29) is 5.91 Å². The van der Waals surface area contributed by atoms with Crippen LogP contribution >= 0.6 is 11.3 Å². The standard InChI is InChI=1S/C27H28N4O2S/c1-20-8-10-21(11-9-20)24-19-34-27(28-24)25-7-4-12-31(25)18-26(32)30-15-13-29(14-16-30)22-5-3-6-23(17-22)33-2/h3-12,17,19H,13-16,18H2,1-2H3. The number of aryl methyl sites for hydroxylation is 1. The van der Waals surface area contributed by atoms with Gasteiger partial charge in [-0.3, -0.25) is 4.79 Å². The average Bonchev–Trinajstić information content (AvgIpc) is 3.54. The molecule has 7 heteroatoms. The summed E-state index contributed by atoms with van der Waals surface area (Å²) in [4.78, 5) is 22.2. The van der Waals surface area contributed by atoms with Crippen molar-refractivity contribution in [2.75, 3.05) is 38.2 Å². The van der Waals surface area contributed by atoms with Gasteiger partial charge in [-0.15, -0.1) is 11.3 Å². The molecule has 0 atom stereocenters.